The fourth-order valence-corrected chi connectivity index (χ4v) is 3.48. The van der Waals surface area contributed by atoms with Crippen LogP contribution in [-0.2, 0) is 25.6 Å². The Morgan fingerprint density at radius 3 is 2.44 bits per heavy atom. The van der Waals surface area contributed by atoms with Gasteiger partial charge in [-0.15, -0.1) is 0 Å². The van der Waals surface area contributed by atoms with E-state index in [1.54, 1.807) is 3.88 Å². The summed E-state index contributed by atoms with van der Waals surface area (Å²) in [7, 11) is 0. The number of hydrogen-bond donors (Lipinski definition) is 0. The van der Waals surface area contributed by atoms with Gasteiger partial charge >= 0.3 is 94.7 Å². The van der Waals surface area contributed by atoms with Crippen molar-refractivity contribution in [2.75, 3.05) is 0 Å². The van der Waals surface area contributed by atoms with E-state index in [0.29, 0.717) is 0 Å². The van der Waals surface area contributed by atoms with Crippen LogP contribution in [0.2, 0.25) is 4.73 Å². The summed E-state index contributed by atoms with van der Waals surface area (Å²) in [4.78, 5) is 0. The fraction of sp³-hybridized carbons (Fsp3) is 0.231. The maximum absolute atomic E-state index is 2.31. The number of rotatable bonds is 4. The summed E-state index contributed by atoms with van der Waals surface area (Å²) in [5.74, 6) is 0. The van der Waals surface area contributed by atoms with E-state index in [1.807, 2.05) is 0 Å². The summed E-state index contributed by atoms with van der Waals surface area (Å²) in [6.07, 6.45) is 9.26. The van der Waals surface area contributed by atoms with Crippen molar-refractivity contribution in [1.82, 2.24) is 0 Å². The monoisotopic (exact) mass is 288 g/mol. The molecule has 16 heavy (non-hydrogen) atoms. The molecule has 1 aromatic carbocycles. The molecule has 0 saturated carbocycles. The van der Waals surface area contributed by atoms with Crippen LogP contribution < -0.4 is 24.8 Å². The smallest absolute Gasteiger partial charge is 1.00 e. The van der Waals surface area contributed by atoms with Crippen molar-refractivity contribution < 1.29 is 44.0 Å². The Bertz CT molecular complexity index is 344. The normalized spacial score (nSPS) is 12.1. The van der Waals surface area contributed by atoms with Crippen molar-refractivity contribution in [3.8, 4) is 0 Å². The van der Waals surface area contributed by atoms with E-state index in [-0.39, 0.29) is 44.0 Å². The maximum Gasteiger partial charge on any atom is -1.00 e. The molecule has 1 aromatic rings. The van der Waals surface area contributed by atoms with Crippen LogP contribution in [-0.4, -0.2) is 0 Å². The van der Waals surface area contributed by atoms with Gasteiger partial charge in [0.05, 0.1) is 0 Å². The van der Waals surface area contributed by atoms with Gasteiger partial charge < -0.3 is 24.8 Å². The predicted octanol–water partition coefficient (Wildman–Crippen LogP) is -2.42. The minimum Gasteiger partial charge on any atom is -1.00 e. The van der Waals surface area contributed by atoms with E-state index in [0.717, 1.165) is 0 Å². The zero-order valence-electron chi connectivity index (χ0n) is 9.00. The number of halogens is 2. The van der Waals surface area contributed by atoms with E-state index in [9.17, 15) is 0 Å². The molecule has 2 rings (SSSR count). The first-order valence-corrected chi connectivity index (χ1v) is 6.97. The van der Waals surface area contributed by atoms with Gasteiger partial charge in [-0.1, -0.05) is 0 Å². The van der Waals surface area contributed by atoms with Gasteiger partial charge in [-0.3, -0.25) is 0 Å². The Kier molecular flexibility index (Phi) is 9.07. The van der Waals surface area contributed by atoms with Crippen LogP contribution in [0.25, 0.3) is 0 Å². The molecule has 0 bridgehead atoms. The molecule has 0 spiro atoms. The van der Waals surface area contributed by atoms with Gasteiger partial charge in [0, 0.05) is 0 Å². The van der Waals surface area contributed by atoms with Crippen molar-refractivity contribution in [2.45, 2.75) is 17.6 Å². The molecule has 0 amide bonds. The largest absolute Gasteiger partial charge is 1.00 e. The van der Waals surface area contributed by atoms with Crippen LogP contribution >= 0.6 is 0 Å². The number of benzene rings is 1. The van der Waals surface area contributed by atoms with Gasteiger partial charge in [-0.2, -0.15) is 0 Å². The molecule has 84 valence electrons. The number of aryl methyl sites for hydroxylation is 1. The van der Waals surface area contributed by atoms with Crippen LogP contribution in [0.15, 0.2) is 52.4 Å². The summed E-state index contributed by atoms with van der Waals surface area (Å²) in [6.45, 7) is 0. The molecular formula is C13H14Cl2Ti. The Morgan fingerprint density at radius 2 is 1.81 bits per heavy atom. The van der Waals surface area contributed by atoms with Crippen LogP contribution in [0.5, 0.6) is 0 Å². The number of allylic oxidation sites excluding steroid dienone is 4. The van der Waals surface area contributed by atoms with E-state index in [1.165, 1.54) is 23.1 Å². The van der Waals surface area contributed by atoms with E-state index in [2.05, 4.69) is 48.6 Å². The molecule has 0 nitrogen and oxygen atoms in total. The molecule has 0 unspecified atom stereocenters. The quantitative estimate of drug-likeness (QED) is 0.541. The van der Waals surface area contributed by atoms with Gasteiger partial charge in [0.1, 0.15) is 0 Å². The Labute approximate surface area is 119 Å². The van der Waals surface area contributed by atoms with E-state index in [4.69, 9.17) is 0 Å². The van der Waals surface area contributed by atoms with Crippen LogP contribution in [0.3, 0.4) is 0 Å². The van der Waals surface area contributed by atoms with Crippen molar-refractivity contribution >= 4 is 0 Å². The molecule has 0 N–H and O–H groups in total. The fourth-order valence-electron chi connectivity index (χ4n) is 1.59. The molecule has 0 saturated heterocycles. The molecule has 0 atom stereocenters. The van der Waals surface area contributed by atoms with Crippen LogP contribution in [0.4, 0.5) is 0 Å². The number of hydrogen-bond acceptors (Lipinski definition) is 0. The zero-order chi connectivity index (χ0) is 9.64. The summed E-state index contributed by atoms with van der Waals surface area (Å²) >= 11 is 0.163. The molecule has 0 aliphatic heterocycles. The van der Waals surface area contributed by atoms with E-state index >= 15 is 0 Å². The maximum atomic E-state index is 2.31. The van der Waals surface area contributed by atoms with Crippen LogP contribution in [0.1, 0.15) is 12.0 Å². The zero-order valence-corrected chi connectivity index (χ0v) is 12.1. The van der Waals surface area contributed by atoms with Crippen molar-refractivity contribution in [2.24, 2.45) is 0 Å². The first-order chi connectivity index (χ1) is 6.95. The SMILES string of the molecule is C1=CC[C]([Ti+2][CH2]Cc2ccccc2)=C1.[Cl-].[Cl-]. The second-order valence-corrected chi connectivity index (χ2v) is 5.82. The average Bonchev–Trinajstić information content (AvgIpc) is 2.72. The van der Waals surface area contributed by atoms with Crippen molar-refractivity contribution in [1.29, 1.82) is 0 Å². The first kappa shape index (κ1) is 16.0. The molecule has 0 aromatic heterocycles. The minimum absolute atomic E-state index is 0. The second kappa shape index (κ2) is 9.07. The molecule has 3 heteroatoms. The van der Waals surface area contributed by atoms with Crippen molar-refractivity contribution in [3.05, 3.63) is 58.0 Å². The average molecular weight is 289 g/mol. The standard InChI is InChI=1S/C8H9.C5H5.2ClH.Ti/c1-2-8-6-4-3-5-7-8;1-2-4-5-3-1;;;/h3-7H,1-2H2;1-3H,4H2;2*1H;/q;;;;+2/p-2. The van der Waals surface area contributed by atoms with Gasteiger partial charge in [-0.25, -0.2) is 0 Å². The van der Waals surface area contributed by atoms with Gasteiger partial charge in [-0.05, 0) is 0 Å². The third kappa shape index (κ3) is 5.36. The first-order valence-electron chi connectivity index (χ1n) is 5.08. The molecule has 0 fully saturated rings. The molecule has 1 aliphatic rings. The summed E-state index contributed by atoms with van der Waals surface area (Å²) in [6, 6.07) is 10.8. The minimum atomic E-state index is 0. The Hall–Kier alpha value is -0.00571. The van der Waals surface area contributed by atoms with Crippen LogP contribution in [0, 0.1) is 0 Å². The predicted molar refractivity (Wildman–Crippen MR) is 56.8 cm³/mol. The van der Waals surface area contributed by atoms with Crippen molar-refractivity contribution in [3.63, 3.8) is 0 Å². The van der Waals surface area contributed by atoms with Gasteiger partial charge in [0.2, 0.25) is 0 Å². The Morgan fingerprint density at radius 1 is 1.06 bits per heavy atom. The molecule has 0 radical (unpaired) electrons. The molecule has 0 heterocycles. The Balaban J connectivity index is 0.00000112. The molecule has 1 aliphatic carbocycles. The summed E-state index contributed by atoms with van der Waals surface area (Å²) in [5, 5.41) is 0. The van der Waals surface area contributed by atoms with Gasteiger partial charge in [0.15, 0.2) is 0 Å². The summed E-state index contributed by atoms with van der Waals surface area (Å²) in [5.41, 5.74) is 1.49. The third-order valence-electron chi connectivity index (χ3n) is 2.38. The molecular weight excluding hydrogens is 275 g/mol. The van der Waals surface area contributed by atoms with E-state index < -0.39 is 0 Å². The van der Waals surface area contributed by atoms with Gasteiger partial charge in [0.25, 0.3) is 0 Å². The third-order valence-corrected chi connectivity index (χ3v) is 4.45. The second-order valence-electron chi connectivity index (χ2n) is 3.49. The topological polar surface area (TPSA) is 0 Å². The summed E-state index contributed by atoms with van der Waals surface area (Å²) < 4.78 is 3.11.